The minimum absolute atomic E-state index is 0.0166. The summed E-state index contributed by atoms with van der Waals surface area (Å²) in [6.07, 6.45) is 0.494. The Bertz CT molecular complexity index is 196. The molecule has 6 heteroatoms. The standard InChI is InChI=1S/C8H16N2O4/c1-2-10(4-3-5-11)8(14)9-6-7(12)13/h11H,2-6H2,1H3,(H,9,14)(H,12,13). The van der Waals surface area contributed by atoms with Crippen LogP contribution < -0.4 is 5.32 Å². The lowest BCUT2D eigenvalue weighted by atomic mass is 10.4. The molecule has 0 heterocycles. The number of carboxylic acid groups (broad SMARTS) is 1. The first-order valence-corrected chi connectivity index (χ1v) is 4.47. The summed E-state index contributed by atoms with van der Waals surface area (Å²) in [6.45, 7) is 2.35. The van der Waals surface area contributed by atoms with Crippen LogP contribution in [0.3, 0.4) is 0 Å². The van der Waals surface area contributed by atoms with Gasteiger partial charge in [0.15, 0.2) is 0 Å². The van der Waals surface area contributed by atoms with Gasteiger partial charge in [-0.15, -0.1) is 0 Å². The molecule has 3 N–H and O–H groups in total. The smallest absolute Gasteiger partial charge is 0.323 e. The van der Waals surface area contributed by atoms with E-state index in [1.807, 2.05) is 0 Å². The summed E-state index contributed by atoms with van der Waals surface area (Å²) in [5, 5.41) is 19.1. The molecule has 0 rings (SSSR count). The highest BCUT2D eigenvalue weighted by Crippen LogP contribution is 1.91. The Morgan fingerprint density at radius 2 is 2.07 bits per heavy atom. The first-order chi connectivity index (χ1) is 6.61. The second-order valence-electron chi connectivity index (χ2n) is 2.71. The zero-order chi connectivity index (χ0) is 11.0. The molecule has 0 unspecified atom stereocenters. The van der Waals surface area contributed by atoms with Gasteiger partial charge in [-0.3, -0.25) is 4.79 Å². The van der Waals surface area contributed by atoms with E-state index in [-0.39, 0.29) is 13.2 Å². The summed E-state index contributed by atoms with van der Waals surface area (Å²) in [5.41, 5.74) is 0. The number of carbonyl (C=O) groups is 2. The van der Waals surface area contributed by atoms with E-state index in [0.717, 1.165) is 0 Å². The van der Waals surface area contributed by atoms with Crippen LogP contribution in [0.5, 0.6) is 0 Å². The number of aliphatic carboxylic acids is 1. The molecule has 0 fully saturated rings. The second-order valence-corrected chi connectivity index (χ2v) is 2.71. The van der Waals surface area contributed by atoms with Crippen molar-refractivity contribution in [1.82, 2.24) is 10.2 Å². The molecule has 6 nitrogen and oxygen atoms in total. The van der Waals surface area contributed by atoms with Gasteiger partial charge < -0.3 is 20.4 Å². The van der Waals surface area contributed by atoms with Crippen LogP contribution in [0.2, 0.25) is 0 Å². The molecule has 2 amide bonds. The molecule has 0 atom stereocenters. The van der Waals surface area contributed by atoms with Crippen LogP contribution in [0.25, 0.3) is 0 Å². The van der Waals surface area contributed by atoms with Gasteiger partial charge in [-0.05, 0) is 13.3 Å². The fourth-order valence-corrected chi connectivity index (χ4v) is 0.928. The van der Waals surface area contributed by atoms with Crippen LogP contribution in [0, 0.1) is 0 Å². The third-order valence-corrected chi connectivity index (χ3v) is 1.65. The van der Waals surface area contributed by atoms with Gasteiger partial charge in [0, 0.05) is 19.7 Å². The number of carboxylic acids is 1. The number of nitrogens with one attached hydrogen (secondary N) is 1. The van der Waals surface area contributed by atoms with Crippen molar-refractivity contribution >= 4 is 12.0 Å². The maximum absolute atomic E-state index is 11.3. The molecule has 0 radical (unpaired) electrons. The van der Waals surface area contributed by atoms with E-state index in [0.29, 0.717) is 19.5 Å². The quantitative estimate of drug-likeness (QED) is 0.543. The largest absolute Gasteiger partial charge is 0.480 e. The van der Waals surface area contributed by atoms with Crippen LogP contribution >= 0.6 is 0 Å². The van der Waals surface area contributed by atoms with E-state index < -0.39 is 12.0 Å². The molecule has 0 aromatic rings. The molecular weight excluding hydrogens is 188 g/mol. The summed E-state index contributed by atoms with van der Waals surface area (Å²) >= 11 is 0. The van der Waals surface area contributed by atoms with Crippen LogP contribution in [0.1, 0.15) is 13.3 Å². The zero-order valence-electron chi connectivity index (χ0n) is 8.19. The highest BCUT2D eigenvalue weighted by Gasteiger charge is 2.10. The summed E-state index contributed by atoms with van der Waals surface area (Å²) in [6, 6.07) is -0.414. The average molecular weight is 204 g/mol. The van der Waals surface area contributed by atoms with Crippen molar-refractivity contribution in [3.8, 4) is 0 Å². The molecule has 0 aliphatic heterocycles. The fourth-order valence-electron chi connectivity index (χ4n) is 0.928. The van der Waals surface area contributed by atoms with Gasteiger partial charge in [0.2, 0.25) is 0 Å². The van der Waals surface area contributed by atoms with Gasteiger partial charge in [0.05, 0.1) is 0 Å². The van der Waals surface area contributed by atoms with Gasteiger partial charge >= 0.3 is 12.0 Å². The number of urea groups is 1. The Balaban J connectivity index is 3.85. The lowest BCUT2D eigenvalue weighted by Gasteiger charge is -2.20. The van der Waals surface area contributed by atoms with Crippen molar-refractivity contribution < 1.29 is 19.8 Å². The molecule has 82 valence electrons. The number of hydrogen-bond acceptors (Lipinski definition) is 3. The van der Waals surface area contributed by atoms with Crippen LogP contribution in [-0.4, -0.2) is 53.4 Å². The summed E-state index contributed by atoms with van der Waals surface area (Å²) in [4.78, 5) is 22.9. The fraction of sp³-hybridized carbons (Fsp3) is 0.750. The first-order valence-electron chi connectivity index (χ1n) is 4.47. The first kappa shape index (κ1) is 12.7. The normalized spacial score (nSPS) is 9.57. The maximum atomic E-state index is 11.3. The molecule has 14 heavy (non-hydrogen) atoms. The Labute approximate surface area is 82.5 Å². The number of hydrogen-bond donors (Lipinski definition) is 3. The average Bonchev–Trinajstić information content (AvgIpc) is 2.16. The summed E-state index contributed by atoms with van der Waals surface area (Å²) in [5.74, 6) is -1.07. The number of nitrogens with zero attached hydrogens (tertiary/aromatic N) is 1. The highest BCUT2D eigenvalue weighted by molar-refractivity contribution is 5.79. The minimum atomic E-state index is -1.07. The molecule has 0 saturated heterocycles. The molecule has 0 aliphatic rings. The second kappa shape index (κ2) is 7.14. The Morgan fingerprint density at radius 1 is 1.43 bits per heavy atom. The SMILES string of the molecule is CCN(CCCO)C(=O)NCC(=O)O. The minimum Gasteiger partial charge on any atom is -0.480 e. The van der Waals surface area contributed by atoms with E-state index >= 15 is 0 Å². The van der Waals surface area contributed by atoms with E-state index in [1.54, 1.807) is 6.92 Å². The summed E-state index contributed by atoms with van der Waals surface area (Å²) in [7, 11) is 0. The maximum Gasteiger partial charge on any atom is 0.323 e. The van der Waals surface area contributed by atoms with E-state index in [9.17, 15) is 9.59 Å². The highest BCUT2D eigenvalue weighted by atomic mass is 16.4. The number of rotatable bonds is 6. The van der Waals surface area contributed by atoms with Crippen LogP contribution in [-0.2, 0) is 4.79 Å². The van der Waals surface area contributed by atoms with Crippen LogP contribution in [0.4, 0.5) is 4.79 Å². The third-order valence-electron chi connectivity index (χ3n) is 1.65. The van der Waals surface area contributed by atoms with Crippen LogP contribution in [0.15, 0.2) is 0 Å². The van der Waals surface area contributed by atoms with Crippen molar-refractivity contribution in [2.45, 2.75) is 13.3 Å². The van der Waals surface area contributed by atoms with Crippen molar-refractivity contribution in [3.63, 3.8) is 0 Å². The molecule has 0 saturated carbocycles. The number of carbonyl (C=O) groups excluding carboxylic acids is 1. The predicted molar refractivity (Wildman–Crippen MR) is 50.0 cm³/mol. The molecule has 0 bridgehead atoms. The van der Waals surface area contributed by atoms with E-state index in [1.165, 1.54) is 4.90 Å². The van der Waals surface area contributed by atoms with E-state index in [4.69, 9.17) is 10.2 Å². The Kier molecular flexibility index (Phi) is 6.47. The van der Waals surface area contributed by atoms with Gasteiger partial charge in [-0.1, -0.05) is 0 Å². The topological polar surface area (TPSA) is 89.9 Å². The zero-order valence-corrected chi connectivity index (χ0v) is 8.19. The van der Waals surface area contributed by atoms with Crippen molar-refractivity contribution in [3.05, 3.63) is 0 Å². The lowest BCUT2D eigenvalue weighted by molar-refractivity contribution is -0.135. The Morgan fingerprint density at radius 3 is 2.50 bits per heavy atom. The Hall–Kier alpha value is -1.30. The van der Waals surface area contributed by atoms with Crippen molar-refractivity contribution in [1.29, 1.82) is 0 Å². The molecule has 0 aliphatic carbocycles. The lowest BCUT2D eigenvalue weighted by Crippen LogP contribution is -2.42. The summed E-state index contributed by atoms with van der Waals surface area (Å²) < 4.78 is 0. The van der Waals surface area contributed by atoms with Gasteiger partial charge in [-0.2, -0.15) is 0 Å². The van der Waals surface area contributed by atoms with Gasteiger partial charge in [-0.25, -0.2) is 4.79 Å². The van der Waals surface area contributed by atoms with Gasteiger partial charge in [0.1, 0.15) is 6.54 Å². The van der Waals surface area contributed by atoms with Crippen molar-refractivity contribution in [2.75, 3.05) is 26.2 Å². The molecule has 0 aromatic carbocycles. The number of aliphatic hydroxyl groups excluding tert-OH is 1. The molecule has 0 spiro atoms. The van der Waals surface area contributed by atoms with E-state index in [2.05, 4.69) is 5.32 Å². The molecular formula is C8H16N2O4. The third kappa shape index (κ3) is 5.36. The number of amides is 2. The van der Waals surface area contributed by atoms with Gasteiger partial charge in [0.25, 0.3) is 0 Å². The monoisotopic (exact) mass is 204 g/mol. The predicted octanol–water partition coefficient (Wildman–Crippen LogP) is -0.515. The number of aliphatic hydroxyl groups is 1. The molecule has 0 aromatic heterocycles. The van der Waals surface area contributed by atoms with Crippen molar-refractivity contribution in [2.24, 2.45) is 0 Å².